The zero-order valence-corrected chi connectivity index (χ0v) is 11.4. The highest BCUT2D eigenvalue weighted by Gasteiger charge is 2.29. The van der Waals surface area contributed by atoms with Crippen molar-refractivity contribution < 1.29 is 9.84 Å². The first-order valence-corrected chi connectivity index (χ1v) is 7.15. The molecule has 1 saturated heterocycles. The van der Waals surface area contributed by atoms with Gasteiger partial charge in [-0.15, -0.1) is 0 Å². The molecular weight excluding hydrogens is 226 g/mol. The lowest BCUT2D eigenvalue weighted by molar-refractivity contribution is 0.153. The number of aryl methyl sites for hydroxylation is 1. The highest BCUT2D eigenvalue weighted by atomic mass is 16.5. The molecule has 3 nitrogen and oxygen atoms in total. The van der Waals surface area contributed by atoms with Gasteiger partial charge in [0.25, 0.3) is 0 Å². The molecule has 0 spiro atoms. The summed E-state index contributed by atoms with van der Waals surface area (Å²) in [5, 5.41) is 10.1. The molecule has 2 heterocycles. The van der Waals surface area contributed by atoms with Crippen LogP contribution in [0.25, 0.3) is 0 Å². The van der Waals surface area contributed by atoms with Crippen molar-refractivity contribution in [3.05, 3.63) is 23.0 Å². The van der Waals surface area contributed by atoms with Crippen LogP contribution in [0.2, 0.25) is 0 Å². The summed E-state index contributed by atoms with van der Waals surface area (Å²) in [6, 6.07) is 2.67. The fraction of sp³-hybridized carbons (Fsp3) is 0.733. The molecule has 100 valence electrons. The second kappa shape index (κ2) is 4.71. The molecule has 0 saturated carbocycles. The van der Waals surface area contributed by atoms with Crippen LogP contribution < -0.4 is 0 Å². The maximum atomic E-state index is 10.1. The van der Waals surface area contributed by atoms with Gasteiger partial charge in [0.2, 0.25) is 0 Å². The predicted octanol–water partition coefficient (Wildman–Crippen LogP) is 2.76. The molecule has 0 radical (unpaired) electrons. The summed E-state index contributed by atoms with van der Waals surface area (Å²) in [4.78, 5) is 0. The van der Waals surface area contributed by atoms with Gasteiger partial charge >= 0.3 is 0 Å². The van der Waals surface area contributed by atoms with Crippen LogP contribution >= 0.6 is 0 Å². The standard InChI is InChI=1S/C15H23NO2/c1-10-8-13-14(4-3-5-15(13)17)16(10)11(2)12-6-7-18-9-12/h8,11-12,15,17H,3-7,9H2,1-2H3. The summed E-state index contributed by atoms with van der Waals surface area (Å²) in [7, 11) is 0. The molecule has 0 amide bonds. The average molecular weight is 249 g/mol. The van der Waals surface area contributed by atoms with Crippen molar-refractivity contribution in [1.29, 1.82) is 0 Å². The van der Waals surface area contributed by atoms with Gasteiger partial charge in [0.05, 0.1) is 12.7 Å². The second-order valence-electron chi connectivity index (χ2n) is 5.83. The van der Waals surface area contributed by atoms with Gasteiger partial charge < -0.3 is 14.4 Å². The van der Waals surface area contributed by atoms with Crippen LogP contribution in [0.15, 0.2) is 6.07 Å². The molecule has 0 bridgehead atoms. The summed E-state index contributed by atoms with van der Waals surface area (Å²) in [5.41, 5.74) is 3.83. The quantitative estimate of drug-likeness (QED) is 0.874. The van der Waals surface area contributed by atoms with E-state index in [1.54, 1.807) is 0 Å². The summed E-state index contributed by atoms with van der Waals surface area (Å²) in [6.45, 7) is 6.25. The van der Waals surface area contributed by atoms with Crippen LogP contribution in [0.5, 0.6) is 0 Å². The van der Waals surface area contributed by atoms with Crippen LogP contribution in [0.4, 0.5) is 0 Å². The van der Waals surface area contributed by atoms with E-state index >= 15 is 0 Å². The highest BCUT2D eigenvalue weighted by Crippen LogP contribution is 2.36. The second-order valence-corrected chi connectivity index (χ2v) is 5.83. The van der Waals surface area contributed by atoms with E-state index in [-0.39, 0.29) is 6.10 Å². The number of nitrogens with zero attached hydrogens (tertiary/aromatic N) is 1. The fourth-order valence-electron chi connectivity index (χ4n) is 3.61. The van der Waals surface area contributed by atoms with Crippen molar-refractivity contribution in [3.8, 4) is 0 Å². The Morgan fingerprint density at radius 1 is 1.44 bits per heavy atom. The van der Waals surface area contributed by atoms with E-state index in [1.807, 2.05) is 0 Å². The molecule has 3 heteroatoms. The number of ether oxygens (including phenoxy) is 1. The lowest BCUT2D eigenvalue weighted by atomic mass is 9.94. The van der Waals surface area contributed by atoms with Gasteiger partial charge in [-0.3, -0.25) is 0 Å². The largest absolute Gasteiger partial charge is 0.388 e. The van der Waals surface area contributed by atoms with E-state index in [9.17, 15) is 5.11 Å². The molecule has 0 aromatic carbocycles. The maximum Gasteiger partial charge on any atom is 0.0807 e. The molecule has 1 aromatic rings. The SMILES string of the molecule is Cc1cc2c(n1C(C)C1CCOC1)CCCC2O. The Bertz CT molecular complexity index is 432. The van der Waals surface area contributed by atoms with Crippen molar-refractivity contribution in [2.24, 2.45) is 5.92 Å². The van der Waals surface area contributed by atoms with Crippen molar-refractivity contribution >= 4 is 0 Å². The van der Waals surface area contributed by atoms with Gasteiger partial charge in [-0.1, -0.05) is 0 Å². The minimum absolute atomic E-state index is 0.249. The summed E-state index contributed by atoms with van der Waals surface area (Å²) >= 11 is 0. The third-order valence-corrected chi connectivity index (χ3v) is 4.67. The number of aromatic nitrogens is 1. The zero-order valence-electron chi connectivity index (χ0n) is 11.4. The van der Waals surface area contributed by atoms with Crippen LogP contribution in [0, 0.1) is 12.8 Å². The Kier molecular flexibility index (Phi) is 3.20. The van der Waals surface area contributed by atoms with E-state index < -0.39 is 0 Å². The van der Waals surface area contributed by atoms with Gasteiger partial charge in [-0.25, -0.2) is 0 Å². The van der Waals surface area contributed by atoms with Crippen LogP contribution in [-0.2, 0) is 11.2 Å². The van der Waals surface area contributed by atoms with Gasteiger partial charge in [0.1, 0.15) is 0 Å². The monoisotopic (exact) mass is 249 g/mol. The lowest BCUT2D eigenvalue weighted by Gasteiger charge is -2.27. The molecule has 1 aromatic heterocycles. The number of fused-ring (bicyclic) bond motifs is 1. The summed E-state index contributed by atoms with van der Waals surface area (Å²) in [6.07, 6.45) is 4.04. The number of rotatable bonds is 2. The Labute approximate surface area is 109 Å². The first kappa shape index (κ1) is 12.2. The summed E-state index contributed by atoms with van der Waals surface area (Å²) in [5.74, 6) is 0.624. The number of aliphatic hydroxyl groups excluding tert-OH is 1. The molecule has 1 aliphatic heterocycles. The number of aliphatic hydroxyl groups is 1. The van der Waals surface area contributed by atoms with E-state index in [2.05, 4.69) is 24.5 Å². The van der Waals surface area contributed by atoms with Crippen LogP contribution in [0.3, 0.4) is 0 Å². The molecule has 1 fully saturated rings. The van der Waals surface area contributed by atoms with E-state index in [0.717, 1.165) is 38.9 Å². The molecule has 18 heavy (non-hydrogen) atoms. The Hall–Kier alpha value is -0.800. The minimum Gasteiger partial charge on any atom is -0.388 e. The fourth-order valence-corrected chi connectivity index (χ4v) is 3.61. The Morgan fingerprint density at radius 3 is 3.00 bits per heavy atom. The van der Waals surface area contributed by atoms with E-state index in [1.165, 1.54) is 17.0 Å². The summed E-state index contributed by atoms with van der Waals surface area (Å²) < 4.78 is 7.97. The van der Waals surface area contributed by atoms with E-state index in [0.29, 0.717) is 12.0 Å². The van der Waals surface area contributed by atoms with Crippen molar-refractivity contribution in [3.63, 3.8) is 0 Å². The number of hydrogen-bond donors (Lipinski definition) is 1. The molecule has 2 aliphatic rings. The Balaban J connectivity index is 1.95. The Morgan fingerprint density at radius 2 is 2.28 bits per heavy atom. The van der Waals surface area contributed by atoms with Gasteiger partial charge in [0.15, 0.2) is 0 Å². The maximum absolute atomic E-state index is 10.1. The van der Waals surface area contributed by atoms with E-state index in [4.69, 9.17) is 4.74 Å². The molecule has 3 atom stereocenters. The first-order chi connectivity index (χ1) is 8.68. The topological polar surface area (TPSA) is 34.4 Å². The normalized spacial score (nSPS) is 29.3. The molecule has 1 N–H and O–H groups in total. The van der Waals surface area contributed by atoms with Crippen molar-refractivity contribution in [1.82, 2.24) is 4.57 Å². The van der Waals surface area contributed by atoms with Crippen molar-refractivity contribution in [2.75, 3.05) is 13.2 Å². The van der Waals surface area contributed by atoms with Crippen LogP contribution in [0.1, 0.15) is 55.3 Å². The zero-order chi connectivity index (χ0) is 12.7. The number of hydrogen-bond acceptors (Lipinski definition) is 2. The molecular formula is C15H23NO2. The molecule has 3 unspecified atom stereocenters. The van der Waals surface area contributed by atoms with Gasteiger partial charge in [-0.05, 0) is 45.6 Å². The molecule has 3 rings (SSSR count). The van der Waals surface area contributed by atoms with Crippen LogP contribution in [-0.4, -0.2) is 22.9 Å². The minimum atomic E-state index is -0.249. The lowest BCUT2D eigenvalue weighted by Crippen LogP contribution is -2.21. The predicted molar refractivity (Wildman–Crippen MR) is 70.7 cm³/mol. The van der Waals surface area contributed by atoms with Gasteiger partial charge in [-0.2, -0.15) is 0 Å². The smallest absolute Gasteiger partial charge is 0.0807 e. The van der Waals surface area contributed by atoms with Crippen molar-refractivity contribution in [2.45, 2.75) is 51.7 Å². The highest BCUT2D eigenvalue weighted by molar-refractivity contribution is 5.32. The van der Waals surface area contributed by atoms with Gasteiger partial charge in [0, 0.05) is 35.5 Å². The molecule has 1 aliphatic carbocycles. The third kappa shape index (κ3) is 1.90. The third-order valence-electron chi connectivity index (χ3n) is 4.67. The average Bonchev–Trinajstić information content (AvgIpc) is 2.96. The first-order valence-electron chi connectivity index (χ1n) is 7.15.